The summed E-state index contributed by atoms with van der Waals surface area (Å²) < 4.78 is 63.6. The molecule has 0 unspecified atom stereocenters. The fourth-order valence-electron chi connectivity index (χ4n) is 3.19. The Bertz CT molecular complexity index is 1230. The molecule has 0 amide bonds. The number of piperazine rings is 1. The first kappa shape index (κ1) is 32.1. The van der Waals surface area contributed by atoms with Crippen molar-refractivity contribution in [3.63, 3.8) is 0 Å². The number of carboxylic acids is 1. The zero-order valence-electron chi connectivity index (χ0n) is 21.2. The van der Waals surface area contributed by atoms with Crippen LogP contribution in [-0.2, 0) is 26.1 Å². The van der Waals surface area contributed by atoms with Crippen molar-refractivity contribution in [3.8, 4) is 0 Å². The number of anilines is 4. The van der Waals surface area contributed by atoms with E-state index in [2.05, 4.69) is 20.3 Å². The highest BCUT2D eigenvalue weighted by Crippen LogP contribution is 2.20. The second kappa shape index (κ2) is 13.8. The van der Waals surface area contributed by atoms with Gasteiger partial charge in [-0.25, -0.2) is 13.2 Å². The number of aromatic nitrogens is 3. The Labute approximate surface area is 228 Å². The van der Waals surface area contributed by atoms with Gasteiger partial charge in [0.05, 0.1) is 18.5 Å². The lowest BCUT2D eigenvalue weighted by atomic mass is 10.2. The first-order valence-electron chi connectivity index (χ1n) is 11.5. The number of nitrogens with zero attached hydrogens (tertiary/aromatic N) is 5. The third-order valence-corrected chi connectivity index (χ3v) is 7.21. The minimum atomic E-state index is -5.08. The molecule has 3 rings (SSSR count). The lowest BCUT2D eigenvalue weighted by Crippen LogP contribution is -2.50. The van der Waals surface area contributed by atoms with E-state index in [1.54, 1.807) is 12.1 Å². The molecule has 1 fully saturated rings. The molecule has 18 heteroatoms. The molecule has 0 bridgehead atoms. The average Bonchev–Trinajstić information content (AvgIpc) is 2.83. The molecule has 0 saturated carbocycles. The maximum Gasteiger partial charge on any atom is 0.490 e. The van der Waals surface area contributed by atoms with Gasteiger partial charge in [-0.1, -0.05) is 17.7 Å². The molecule has 1 aliphatic heterocycles. The first-order valence-corrected chi connectivity index (χ1v) is 13.5. The van der Waals surface area contributed by atoms with Crippen LogP contribution in [0.3, 0.4) is 0 Å². The summed E-state index contributed by atoms with van der Waals surface area (Å²) >= 11 is 5.93. The van der Waals surface area contributed by atoms with Crippen LogP contribution in [0.2, 0.25) is 5.02 Å². The van der Waals surface area contributed by atoms with Crippen LogP contribution in [0.15, 0.2) is 18.2 Å². The number of aliphatic carboxylic acids is 1. The molecular weight excluding hydrogens is 569 g/mol. The maximum atomic E-state index is 12.5. The van der Waals surface area contributed by atoms with Gasteiger partial charge in [-0.05, 0) is 31.5 Å². The van der Waals surface area contributed by atoms with Gasteiger partial charge in [0.15, 0.2) is 0 Å². The molecule has 0 radical (unpaired) electrons. The first-order chi connectivity index (χ1) is 18.1. The summed E-state index contributed by atoms with van der Waals surface area (Å²) in [7, 11) is -3.38. The number of nitrogens with one attached hydrogen (secondary N) is 1. The number of alkyl halides is 3. The quantitative estimate of drug-likeness (QED) is 0.307. The van der Waals surface area contributed by atoms with Crippen molar-refractivity contribution in [2.24, 2.45) is 0 Å². The van der Waals surface area contributed by atoms with E-state index >= 15 is 0 Å². The normalized spacial score (nSPS) is 14.6. The van der Waals surface area contributed by atoms with E-state index in [0.717, 1.165) is 5.56 Å². The lowest BCUT2D eigenvalue weighted by molar-refractivity contribution is -0.192. The van der Waals surface area contributed by atoms with Crippen LogP contribution in [0, 0.1) is 0 Å². The predicted octanol–water partition coefficient (Wildman–Crippen LogP) is 1.81. The molecule has 39 heavy (non-hydrogen) atoms. The highest BCUT2D eigenvalue weighted by atomic mass is 35.5. The number of ether oxygens (including phenoxy) is 1. The van der Waals surface area contributed by atoms with Crippen molar-refractivity contribution in [2.45, 2.75) is 32.7 Å². The van der Waals surface area contributed by atoms with Gasteiger partial charge in [-0.2, -0.15) is 32.4 Å². The van der Waals surface area contributed by atoms with Crippen molar-refractivity contribution in [1.82, 2.24) is 19.3 Å². The summed E-state index contributed by atoms with van der Waals surface area (Å²) in [6.07, 6.45) is -5.09. The number of hydrogen-bond acceptors (Lipinski definition) is 11. The lowest BCUT2D eigenvalue weighted by Gasteiger charge is -2.34. The van der Waals surface area contributed by atoms with Crippen molar-refractivity contribution in [1.29, 1.82) is 0 Å². The molecule has 0 atom stereocenters. The largest absolute Gasteiger partial charge is 0.490 e. The predicted molar refractivity (Wildman–Crippen MR) is 140 cm³/mol. The molecule has 1 aromatic heterocycles. The van der Waals surface area contributed by atoms with Crippen molar-refractivity contribution < 1.29 is 36.2 Å². The summed E-state index contributed by atoms with van der Waals surface area (Å²) in [5.41, 5.74) is 13.3. The molecule has 1 aliphatic rings. The second-order valence-electron chi connectivity index (χ2n) is 8.44. The van der Waals surface area contributed by atoms with Crippen LogP contribution in [0.1, 0.15) is 19.4 Å². The molecule has 0 aliphatic carbocycles. The van der Waals surface area contributed by atoms with Gasteiger partial charge in [0.1, 0.15) is 0 Å². The number of benzene rings is 1. The molecular formula is C21H30ClF3N8O5S. The van der Waals surface area contributed by atoms with Gasteiger partial charge in [0, 0.05) is 43.4 Å². The summed E-state index contributed by atoms with van der Waals surface area (Å²) in [5, 5.41) is 10.8. The van der Waals surface area contributed by atoms with E-state index in [1.807, 2.05) is 24.8 Å². The molecule has 0 spiro atoms. The Morgan fingerprint density at radius 3 is 2.33 bits per heavy atom. The summed E-state index contributed by atoms with van der Waals surface area (Å²) in [4.78, 5) is 23.5. The van der Waals surface area contributed by atoms with Gasteiger partial charge >= 0.3 is 12.1 Å². The zero-order valence-corrected chi connectivity index (χ0v) is 22.7. The number of halogens is 4. The highest BCUT2D eigenvalue weighted by Gasteiger charge is 2.38. The SMILES string of the molecule is CC(C)OCCS(=O)(=O)N1CCN(c2nc(N)nc(NCc3ccc(Cl)cc3N)n2)CC1.O=C(O)C(F)(F)F. The Hall–Kier alpha value is -3.15. The van der Waals surface area contributed by atoms with Crippen LogP contribution in [0.4, 0.5) is 36.7 Å². The smallest absolute Gasteiger partial charge is 0.475 e. The Morgan fingerprint density at radius 1 is 1.18 bits per heavy atom. The van der Waals surface area contributed by atoms with E-state index in [1.165, 1.54) is 4.31 Å². The fraction of sp³-hybridized carbons (Fsp3) is 0.524. The molecule has 1 saturated heterocycles. The van der Waals surface area contributed by atoms with Gasteiger partial charge < -0.3 is 31.5 Å². The van der Waals surface area contributed by atoms with E-state index in [4.69, 9.17) is 37.7 Å². The molecule has 6 N–H and O–H groups in total. The molecule has 218 valence electrons. The van der Waals surface area contributed by atoms with Crippen LogP contribution in [-0.4, -0.2) is 89.6 Å². The zero-order chi connectivity index (χ0) is 29.4. The molecule has 2 aromatic rings. The minimum Gasteiger partial charge on any atom is -0.475 e. The molecule has 2 heterocycles. The van der Waals surface area contributed by atoms with Crippen molar-refractivity contribution in [3.05, 3.63) is 28.8 Å². The number of carbonyl (C=O) groups is 1. The fourth-order valence-corrected chi connectivity index (χ4v) is 4.65. The standard InChI is InChI=1S/C19H29ClN8O3S.C2HF3O2/c1-13(2)31-9-10-32(29,30)28-7-5-27(6-8-28)19-25-17(22)24-18(26-19)23-12-14-3-4-15(20)11-16(14)21;3-2(4,5)1(6)7/h3-4,11,13H,5-10,12,21H2,1-2H3,(H3,22,23,24,25,26);(H,6,7). The Balaban J connectivity index is 0.000000673. The summed E-state index contributed by atoms with van der Waals surface area (Å²) in [6.45, 7) is 5.86. The summed E-state index contributed by atoms with van der Waals surface area (Å²) in [6, 6.07) is 5.25. The van der Waals surface area contributed by atoms with Crippen molar-refractivity contribution >= 4 is 51.1 Å². The van der Waals surface area contributed by atoms with Crippen LogP contribution in [0.25, 0.3) is 0 Å². The van der Waals surface area contributed by atoms with Crippen LogP contribution < -0.4 is 21.7 Å². The van der Waals surface area contributed by atoms with Gasteiger partial charge in [0.2, 0.25) is 27.9 Å². The van der Waals surface area contributed by atoms with Crippen LogP contribution in [0.5, 0.6) is 0 Å². The number of hydrogen-bond donors (Lipinski definition) is 4. The molecule has 13 nitrogen and oxygen atoms in total. The number of rotatable bonds is 9. The van der Waals surface area contributed by atoms with Gasteiger partial charge in [-0.15, -0.1) is 0 Å². The maximum absolute atomic E-state index is 12.5. The topological polar surface area (TPSA) is 190 Å². The third-order valence-electron chi connectivity index (χ3n) is 5.14. The highest BCUT2D eigenvalue weighted by molar-refractivity contribution is 7.89. The second-order valence-corrected chi connectivity index (χ2v) is 11.0. The number of sulfonamides is 1. The number of carboxylic acid groups (broad SMARTS) is 1. The number of nitrogens with two attached hydrogens (primary N) is 2. The number of nitrogen functional groups attached to an aromatic ring is 2. The monoisotopic (exact) mass is 598 g/mol. The minimum absolute atomic E-state index is 0.00437. The van der Waals surface area contributed by atoms with Gasteiger partial charge in [-0.3, -0.25) is 0 Å². The van der Waals surface area contributed by atoms with E-state index in [-0.39, 0.29) is 24.4 Å². The van der Waals surface area contributed by atoms with E-state index < -0.39 is 22.2 Å². The summed E-state index contributed by atoms with van der Waals surface area (Å²) in [5.74, 6) is -2.02. The van der Waals surface area contributed by atoms with Crippen LogP contribution >= 0.6 is 11.6 Å². The van der Waals surface area contributed by atoms with Crippen molar-refractivity contribution in [2.75, 3.05) is 60.2 Å². The Kier molecular flexibility index (Phi) is 11.3. The van der Waals surface area contributed by atoms with E-state index in [0.29, 0.717) is 55.3 Å². The average molecular weight is 599 g/mol. The van der Waals surface area contributed by atoms with E-state index in [9.17, 15) is 21.6 Å². The van der Waals surface area contributed by atoms with Gasteiger partial charge in [0.25, 0.3) is 0 Å². The molecule has 1 aromatic carbocycles. The Morgan fingerprint density at radius 2 is 1.79 bits per heavy atom. The third kappa shape index (κ3) is 10.5.